The molecule has 2 rings (SSSR count). The molecule has 0 radical (unpaired) electrons. The van der Waals surface area contributed by atoms with Crippen molar-refractivity contribution in [1.82, 2.24) is 9.97 Å². The van der Waals surface area contributed by atoms with E-state index in [1.165, 1.54) is 13.8 Å². The van der Waals surface area contributed by atoms with Crippen LogP contribution >= 0.6 is 0 Å². The summed E-state index contributed by atoms with van der Waals surface area (Å²) in [4.78, 5) is 30.7. The van der Waals surface area contributed by atoms with Crippen LogP contribution in [0.4, 0.5) is 0 Å². The van der Waals surface area contributed by atoms with Gasteiger partial charge >= 0.3 is 11.9 Å². The van der Waals surface area contributed by atoms with Gasteiger partial charge in [0.15, 0.2) is 0 Å². The first-order valence-electron chi connectivity index (χ1n) is 6.28. The Morgan fingerprint density at radius 2 is 1.48 bits per heavy atom. The Labute approximate surface area is 121 Å². The highest BCUT2D eigenvalue weighted by molar-refractivity contribution is 5.74. The molecule has 1 aromatic carbocycles. The van der Waals surface area contributed by atoms with Gasteiger partial charge in [0.2, 0.25) is 11.8 Å². The highest BCUT2D eigenvalue weighted by atomic mass is 16.5. The molecule has 1 heterocycles. The van der Waals surface area contributed by atoms with Crippen molar-refractivity contribution in [2.75, 3.05) is 0 Å². The molecule has 6 heteroatoms. The molecule has 0 bridgehead atoms. The Morgan fingerprint density at radius 1 is 0.905 bits per heavy atom. The van der Waals surface area contributed by atoms with E-state index in [1.807, 2.05) is 18.2 Å². The van der Waals surface area contributed by atoms with Crippen molar-refractivity contribution in [1.29, 1.82) is 0 Å². The van der Waals surface area contributed by atoms with Crippen molar-refractivity contribution in [2.45, 2.75) is 20.8 Å². The lowest BCUT2D eigenvalue weighted by atomic mass is 10.1. The van der Waals surface area contributed by atoms with Crippen LogP contribution in [-0.4, -0.2) is 21.9 Å². The van der Waals surface area contributed by atoms with Gasteiger partial charge < -0.3 is 9.47 Å². The van der Waals surface area contributed by atoms with Crippen molar-refractivity contribution in [3.05, 3.63) is 36.0 Å². The Hall–Kier alpha value is -2.76. The van der Waals surface area contributed by atoms with Crippen molar-refractivity contribution in [2.24, 2.45) is 0 Å². The monoisotopic (exact) mass is 286 g/mol. The Balaban J connectivity index is 2.57. The summed E-state index contributed by atoms with van der Waals surface area (Å²) in [7, 11) is 0. The molecule has 0 spiro atoms. The van der Waals surface area contributed by atoms with E-state index in [1.54, 1.807) is 19.1 Å². The number of aryl methyl sites for hydroxylation is 1. The van der Waals surface area contributed by atoms with Gasteiger partial charge in [0.05, 0.1) is 0 Å². The van der Waals surface area contributed by atoms with Crippen LogP contribution in [0.2, 0.25) is 0 Å². The van der Waals surface area contributed by atoms with E-state index in [2.05, 4.69) is 9.97 Å². The maximum atomic E-state index is 11.2. The fourth-order valence-corrected chi connectivity index (χ4v) is 1.71. The van der Waals surface area contributed by atoms with E-state index in [9.17, 15) is 9.59 Å². The van der Waals surface area contributed by atoms with E-state index >= 15 is 0 Å². The van der Waals surface area contributed by atoms with Gasteiger partial charge in [-0.15, -0.1) is 0 Å². The van der Waals surface area contributed by atoms with Crippen LogP contribution in [0.5, 0.6) is 11.8 Å². The molecule has 2 aromatic rings. The minimum Gasteiger partial charge on any atom is -0.406 e. The summed E-state index contributed by atoms with van der Waals surface area (Å²) < 4.78 is 10.1. The van der Waals surface area contributed by atoms with E-state index in [4.69, 9.17) is 9.47 Å². The molecule has 0 aliphatic heterocycles. The van der Waals surface area contributed by atoms with Gasteiger partial charge in [-0.25, -0.2) is 9.97 Å². The third kappa shape index (κ3) is 3.62. The van der Waals surface area contributed by atoms with E-state index in [0.717, 1.165) is 0 Å². The van der Waals surface area contributed by atoms with Crippen molar-refractivity contribution in [3.8, 4) is 23.0 Å². The molecule has 0 N–H and O–H groups in total. The Kier molecular flexibility index (Phi) is 4.27. The summed E-state index contributed by atoms with van der Waals surface area (Å²) in [6.07, 6.45) is 0. The largest absolute Gasteiger partial charge is 0.406 e. The molecule has 6 nitrogen and oxygen atoms in total. The molecule has 108 valence electrons. The van der Waals surface area contributed by atoms with Gasteiger partial charge in [-0.3, -0.25) is 9.59 Å². The standard InChI is InChI=1S/C15H14N2O4/c1-9-14(20-10(2)18)17-13(12-7-5-4-6-8-12)15(16-9)21-11(3)19/h4-8H,1-3H3. The minimum absolute atomic E-state index is 0.0853. The van der Waals surface area contributed by atoms with Crippen LogP contribution in [0, 0.1) is 6.92 Å². The lowest BCUT2D eigenvalue weighted by Crippen LogP contribution is -2.10. The predicted octanol–water partition coefficient (Wildman–Crippen LogP) is 2.30. The number of ether oxygens (including phenoxy) is 2. The molecule has 0 saturated carbocycles. The molecule has 0 unspecified atom stereocenters. The summed E-state index contributed by atoms with van der Waals surface area (Å²) >= 11 is 0. The third-order valence-electron chi connectivity index (χ3n) is 2.52. The fraction of sp³-hybridized carbons (Fsp3) is 0.200. The Bertz CT molecular complexity index is 684. The number of nitrogens with zero attached hydrogens (tertiary/aromatic N) is 2. The number of hydrogen-bond donors (Lipinski definition) is 0. The van der Waals surface area contributed by atoms with Crippen LogP contribution in [0.15, 0.2) is 30.3 Å². The zero-order chi connectivity index (χ0) is 15.4. The van der Waals surface area contributed by atoms with Crippen molar-refractivity contribution in [3.63, 3.8) is 0 Å². The van der Waals surface area contributed by atoms with E-state index < -0.39 is 11.9 Å². The molecule has 0 saturated heterocycles. The first-order chi connectivity index (χ1) is 9.97. The minimum atomic E-state index is -0.499. The van der Waals surface area contributed by atoms with Gasteiger partial charge in [-0.1, -0.05) is 30.3 Å². The van der Waals surface area contributed by atoms with Crippen molar-refractivity contribution >= 4 is 11.9 Å². The topological polar surface area (TPSA) is 78.4 Å². The third-order valence-corrected chi connectivity index (χ3v) is 2.52. The summed E-state index contributed by atoms with van der Waals surface area (Å²) in [5.41, 5.74) is 1.41. The average molecular weight is 286 g/mol. The molecule has 0 fully saturated rings. The second kappa shape index (κ2) is 6.13. The molecule has 0 atom stereocenters. The summed E-state index contributed by atoms with van der Waals surface area (Å²) in [5, 5.41) is 0. The van der Waals surface area contributed by atoms with Crippen molar-refractivity contribution < 1.29 is 19.1 Å². The lowest BCUT2D eigenvalue weighted by Gasteiger charge is -2.11. The number of esters is 2. The van der Waals surface area contributed by atoms with E-state index in [0.29, 0.717) is 17.0 Å². The molecule has 0 aliphatic carbocycles. The molecule has 0 aliphatic rings. The van der Waals surface area contributed by atoms with Gasteiger partial charge in [0.1, 0.15) is 11.4 Å². The van der Waals surface area contributed by atoms with Gasteiger partial charge in [0, 0.05) is 19.4 Å². The number of carbonyl (C=O) groups excluding carboxylic acids is 2. The number of carbonyl (C=O) groups is 2. The lowest BCUT2D eigenvalue weighted by molar-refractivity contribution is -0.133. The zero-order valence-electron chi connectivity index (χ0n) is 11.9. The molecule has 0 amide bonds. The van der Waals surface area contributed by atoms with Gasteiger partial charge in [0.25, 0.3) is 0 Å². The van der Waals surface area contributed by atoms with Crippen LogP contribution in [-0.2, 0) is 9.59 Å². The summed E-state index contributed by atoms with van der Waals surface area (Å²) in [5.74, 6) is -0.813. The van der Waals surface area contributed by atoms with Crippen LogP contribution in [0.3, 0.4) is 0 Å². The molecule has 1 aromatic heterocycles. The number of hydrogen-bond acceptors (Lipinski definition) is 6. The Morgan fingerprint density at radius 3 is 2.05 bits per heavy atom. The van der Waals surface area contributed by atoms with E-state index in [-0.39, 0.29) is 11.8 Å². The highest BCUT2D eigenvalue weighted by Gasteiger charge is 2.17. The van der Waals surface area contributed by atoms with Crippen LogP contribution in [0.25, 0.3) is 11.3 Å². The summed E-state index contributed by atoms with van der Waals surface area (Å²) in [6.45, 7) is 4.18. The smallest absolute Gasteiger partial charge is 0.309 e. The molecular weight excluding hydrogens is 272 g/mol. The first-order valence-corrected chi connectivity index (χ1v) is 6.28. The number of rotatable bonds is 3. The maximum absolute atomic E-state index is 11.2. The zero-order valence-corrected chi connectivity index (χ0v) is 11.9. The van der Waals surface area contributed by atoms with Crippen LogP contribution < -0.4 is 9.47 Å². The number of benzene rings is 1. The van der Waals surface area contributed by atoms with Gasteiger partial charge in [-0.05, 0) is 6.92 Å². The second-order valence-corrected chi connectivity index (χ2v) is 4.32. The SMILES string of the molecule is CC(=O)Oc1nc(-c2ccccc2)c(OC(C)=O)nc1C. The van der Waals surface area contributed by atoms with Gasteiger partial charge in [-0.2, -0.15) is 0 Å². The first kappa shape index (κ1) is 14.6. The molecular formula is C15H14N2O4. The highest BCUT2D eigenvalue weighted by Crippen LogP contribution is 2.30. The van der Waals surface area contributed by atoms with Crippen LogP contribution in [0.1, 0.15) is 19.5 Å². The second-order valence-electron chi connectivity index (χ2n) is 4.32. The fourth-order valence-electron chi connectivity index (χ4n) is 1.71. The average Bonchev–Trinajstić information content (AvgIpc) is 2.41. The maximum Gasteiger partial charge on any atom is 0.309 e. The predicted molar refractivity (Wildman–Crippen MR) is 74.8 cm³/mol. The quantitative estimate of drug-likeness (QED) is 0.806. The normalized spacial score (nSPS) is 10.0. The summed E-state index contributed by atoms with van der Waals surface area (Å²) in [6, 6.07) is 9.08. The number of aromatic nitrogens is 2. The molecule has 21 heavy (non-hydrogen) atoms.